The largest absolute Gasteiger partial charge is 0.343 e. The number of piperidine rings is 1. The van der Waals surface area contributed by atoms with E-state index in [4.69, 9.17) is 0 Å². The van der Waals surface area contributed by atoms with Gasteiger partial charge in [-0.3, -0.25) is 4.98 Å². The first kappa shape index (κ1) is 11.4. The average Bonchev–Trinajstić information content (AvgIpc) is 2.61. The van der Waals surface area contributed by atoms with E-state index in [1.165, 1.54) is 17.5 Å². The van der Waals surface area contributed by atoms with Gasteiger partial charge in [0.15, 0.2) is 0 Å². The summed E-state index contributed by atoms with van der Waals surface area (Å²) in [6.07, 6.45) is 3.25. The molecule has 1 fully saturated rings. The number of rotatable bonds is 3. The Kier molecular flexibility index (Phi) is 3.43. The van der Waals surface area contributed by atoms with Crippen molar-refractivity contribution in [1.82, 2.24) is 20.1 Å². The minimum Gasteiger partial charge on any atom is -0.317 e. The van der Waals surface area contributed by atoms with Crippen molar-refractivity contribution in [1.29, 1.82) is 0 Å². The van der Waals surface area contributed by atoms with Gasteiger partial charge < -0.3 is 5.32 Å². The number of H-pyrrole nitrogens is 1. The van der Waals surface area contributed by atoms with Gasteiger partial charge in [-0.05, 0) is 45.7 Å². The van der Waals surface area contributed by atoms with Crippen molar-refractivity contribution in [2.24, 2.45) is 5.92 Å². The maximum absolute atomic E-state index is 11.6. The lowest BCUT2D eigenvalue weighted by Gasteiger charge is -2.21. The Balaban J connectivity index is 2.04. The Morgan fingerprint density at radius 3 is 2.69 bits per heavy atom. The Morgan fingerprint density at radius 1 is 1.44 bits per heavy atom. The van der Waals surface area contributed by atoms with Crippen LogP contribution in [-0.2, 0) is 6.42 Å². The van der Waals surface area contributed by atoms with Crippen LogP contribution in [0.3, 0.4) is 0 Å². The van der Waals surface area contributed by atoms with Gasteiger partial charge in [-0.15, -0.1) is 0 Å². The summed E-state index contributed by atoms with van der Waals surface area (Å²) in [6, 6.07) is 0.130. The zero-order chi connectivity index (χ0) is 11.5. The molecule has 0 saturated carbocycles. The quantitative estimate of drug-likeness (QED) is 0.794. The lowest BCUT2D eigenvalue weighted by molar-refractivity contribution is 0.366. The number of nitrogens with one attached hydrogen (secondary N) is 2. The summed E-state index contributed by atoms with van der Waals surface area (Å²) in [5, 5.41) is 7.67. The Labute approximate surface area is 95.2 Å². The highest BCUT2D eigenvalue weighted by atomic mass is 16.2. The predicted molar refractivity (Wildman–Crippen MR) is 62.5 cm³/mol. The van der Waals surface area contributed by atoms with Gasteiger partial charge in [-0.1, -0.05) is 0 Å². The molecule has 2 N–H and O–H groups in total. The van der Waals surface area contributed by atoms with Crippen LogP contribution in [0.5, 0.6) is 0 Å². The van der Waals surface area contributed by atoms with Gasteiger partial charge in [0.05, 0.1) is 6.04 Å². The number of nitrogens with zero attached hydrogens (tertiary/aromatic N) is 2. The maximum atomic E-state index is 11.6. The van der Waals surface area contributed by atoms with Crippen LogP contribution in [0.15, 0.2) is 4.79 Å². The molecule has 0 radical (unpaired) electrons. The molecule has 90 valence electrons. The van der Waals surface area contributed by atoms with E-state index in [-0.39, 0.29) is 11.7 Å². The highest BCUT2D eigenvalue weighted by Crippen LogP contribution is 2.15. The van der Waals surface area contributed by atoms with Crippen molar-refractivity contribution in [3.63, 3.8) is 0 Å². The zero-order valence-corrected chi connectivity index (χ0v) is 9.99. The predicted octanol–water partition coefficient (Wildman–Crippen LogP) is 0.694. The summed E-state index contributed by atoms with van der Waals surface area (Å²) in [6.45, 7) is 6.10. The molecule has 1 aromatic heterocycles. The smallest absolute Gasteiger partial charge is 0.317 e. The molecule has 1 aliphatic heterocycles. The molecular weight excluding hydrogens is 204 g/mol. The maximum Gasteiger partial charge on any atom is 0.343 e. The SMILES string of the molecule is CC(C)n1nc(CC2CCNCC2)[nH]c1=O. The van der Waals surface area contributed by atoms with Crippen molar-refractivity contribution in [3.05, 3.63) is 16.3 Å². The molecule has 0 aliphatic carbocycles. The molecule has 2 heterocycles. The van der Waals surface area contributed by atoms with E-state index >= 15 is 0 Å². The van der Waals surface area contributed by atoms with E-state index in [0.29, 0.717) is 5.92 Å². The number of aromatic nitrogens is 3. The van der Waals surface area contributed by atoms with Crippen LogP contribution in [-0.4, -0.2) is 27.9 Å². The van der Waals surface area contributed by atoms with E-state index in [1.807, 2.05) is 13.8 Å². The van der Waals surface area contributed by atoms with E-state index in [9.17, 15) is 4.79 Å². The van der Waals surface area contributed by atoms with Crippen LogP contribution in [0.25, 0.3) is 0 Å². The fourth-order valence-corrected chi connectivity index (χ4v) is 2.18. The standard InChI is InChI=1S/C11H20N4O/c1-8(2)15-11(16)13-10(14-15)7-9-3-5-12-6-4-9/h8-9,12H,3-7H2,1-2H3,(H,13,14,16). The van der Waals surface area contributed by atoms with E-state index in [2.05, 4.69) is 15.4 Å². The number of aromatic amines is 1. The van der Waals surface area contributed by atoms with Crippen molar-refractivity contribution in [3.8, 4) is 0 Å². The summed E-state index contributed by atoms with van der Waals surface area (Å²) in [5.74, 6) is 1.50. The monoisotopic (exact) mass is 224 g/mol. The first-order valence-electron chi connectivity index (χ1n) is 6.05. The normalized spacial score (nSPS) is 18.2. The molecule has 5 nitrogen and oxygen atoms in total. The first-order chi connectivity index (χ1) is 7.66. The second kappa shape index (κ2) is 4.82. The minimum atomic E-state index is -0.0843. The van der Waals surface area contributed by atoms with Gasteiger partial charge in [0.1, 0.15) is 5.82 Å². The van der Waals surface area contributed by atoms with Gasteiger partial charge in [0, 0.05) is 6.42 Å². The Bertz CT molecular complexity index is 387. The first-order valence-corrected chi connectivity index (χ1v) is 6.05. The third kappa shape index (κ3) is 2.52. The highest BCUT2D eigenvalue weighted by molar-refractivity contribution is 4.87. The summed E-state index contributed by atoms with van der Waals surface area (Å²) in [4.78, 5) is 14.4. The summed E-state index contributed by atoms with van der Waals surface area (Å²) < 4.78 is 1.52. The molecule has 1 aromatic rings. The Morgan fingerprint density at radius 2 is 2.12 bits per heavy atom. The summed E-state index contributed by atoms with van der Waals surface area (Å²) in [7, 11) is 0. The van der Waals surface area contributed by atoms with Gasteiger partial charge in [0.25, 0.3) is 0 Å². The molecule has 0 unspecified atom stereocenters. The van der Waals surface area contributed by atoms with Crippen LogP contribution in [0, 0.1) is 5.92 Å². The van der Waals surface area contributed by atoms with Gasteiger partial charge in [-0.2, -0.15) is 5.10 Å². The van der Waals surface area contributed by atoms with Gasteiger partial charge >= 0.3 is 5.69 Å². The molecule has 5 heteroatoms. The summed E-state index contributed by atoms with van der Waals surface area (Å²) in [5.41, 5.74) is -0.0843. The lowest BCUT2D eigenvalue weighted by atomic mass is 9.94. The molecule has 0 atom stereocenters. The highest BCUT2D eigenvalue weighted by Gasteiger charge is 2.16. The van der Waals surface area contributed by atoms with E-state index < -0.39 is 0 Å². The third-order valence-corrected chi connectivity index (χ3v) is 3.12. The molecule has 1 aliphatic rings. The second-order valence-corrected chi connectivity index (χ2v) is 4.81. The minimum absolute atomic E-state index is 0.0843. The molecule has 1 saturated heterocycles. The third-order valence-electron chi connectivity index (χ3n) is 3.12. The van der Waals surface area contributed by atoms with Crippen molar-refractivity contribution < 1.29 is 0 Å². The molecular formula is C11H20N4O. The van der Waals surface area contributed by atoms with Crippen LogP contribution < -0.4 is 11.0 Å². The van der Waals surface area contributed by atoms with Gasteiger partial charge in [0.2, 0.25) is 0 Å². The molecule has 0 bridgehead atoms. The lowest BCUT2D eigenvalue weighted by Crippen LogP contribution is -2.28. The fourth-order valence-electron chi connectivity index (χ4n) is 2.18. The summed E-state index contributed by atoms with van der Waals surface area (Å²) >= 11 is 0. The van der Waals surface area contributed by atoms with Crippen molar-refractivity contribution >= 4 is 0 Å². The van der Waals surface area contributed by atoms with Crippen LogP contribution >= 0.6 is 0 Å². The number of hydrogen-bond acceptors (Lipinski definition) is 3. The van der Waals surface area contributed by atoms with Crippen molar-refractivity contribution in [2.75, 3.05) is 13.1 Å². The Hall–Kier alpha value is -1.10. The van der Waals surface area contributed by atoms with Crippen LogP contribution in [0.2, 0.25) is 0 Å². The molecule has 16 heavy (non-hydrogen) atoms. The van der Waals surface area contributed by atoms with Gasteiger partial charge in [-0.25, -0.2) is 9.48 Å². The average molecular weight is 224 g/mol. The van der Waals surface area contributed by atoms with Crippen LogP contribution in [0.1, 0.15) is 38.6 Å². The molecule has 0 amide bonds. The topological polar surface area (TPSA) is 62.7 Å². The van der Waals surface area contributed by atoms with Crippen molar-refractivity contribution in [2.45, 2.75) is 39.2 Å². The molecule has 0 spiro atoms. The van der Waals surface area contributed by atoms with E-state index in [1.54, 1.807) is 0 Å². The second-order valence-electron chi connectivity index (χ2n) is 4.81. The van der Waals surface area contributed by atoms with Crippen LogP contribution in [0.4, 0.5) is 0 Å². The molecule has 2 rings (SSSR count). The molecule has 0 aromatic carbocycles. The van der Waals surface area contributed by atoms with E-state index in [0.717, 1.165) is 25.3 Å². The zero-order valence-electron chi connectivity index (χ0n) is 9.99. The number of hydrogen-bond donors (Lipinski definition) is 2. The fraction of sp³-hybridized carbons (Fsp3) is 0.818.